The zero-order valence-corrected chi connectivity index (χ0v) is 13.3. The first-order valence-electron chi connectivity index (χ1n) is 8.17. The van der Waals surface area contributed by atoms with Gasteiger partial charge in [-0.1, -0.05) is 13.3 Å². The molecule has 1 aliphatic heterocycles. The van der Waals surface area contributed by atoms with Crippen molar-refractivity contribution in [2.75, 3.05) is 31.6 Å². The maximum Gasteiger partial charge on any atom is 0.130 e. The molecule has 0 aliphatic carbocycles. The summed E-state index contributed by atoms with van der Waals surface area (Å²) in [5.41, 5.74) is 1.03. The van der Waals surface area contributed by atoms with Crippen molar-refractivity contribution < 1.29 is 4.74 Å². The highest BCUT2D eigenvalue weighted by atomic mass is 16.5. The first-order valence-corrected chi connectivity index (χ1v) is 8.17. The van der Waals surface area contributed by atoms with Crippen LogP contribution in [-0.4, -0.2) is 42.3 Å². The highest BCUT2D eigenvalue weighted by Crippen LogP contribution is 2.08. The van der Waals surface area contributed by atoms with Crippen LogP contribution < -0.4 is 10.6 Å². The number of nitrogens with zero attached hydrogens (tertiary/aromatic N) is 2. The molecule has 2 rings (SSSR count). The first kappa shape index (κ1) is 16.2. The molecule has 1 fully saturated rings. The number of anilines is 1. The second kappa shape index (κ2) is 8.95. The maximum absolute atomic E-state index is 5.46. The molecular weight excluding hydrogens is 264 g/mol. The molecule has 1 aliphatic rings. The fraction of sp³-hybridized carbons (Fsp3) is 0.750. The minimum absolute atomic E-state index is 0.507. The number of hydrogen-bond acceptors (Lipinski definition) is 5. The number of aromatic nitrogens is 2. The van der Waals surface area contributed by atoms with Gasteiger partial charge >= 0.3 is 0 Å². The molecule has 1 aromatic rings. The molecule has 0 bridgehead atoms. The van der Waals surface area contributed by atoms with E-state index in [0.29, 0.717) is 6.04 Å². The van der Waals surface area contributed by atoms with Gasteiger partial charge < -0.3 is 15.4 Å². The van der Waals surface area contributed by atoms with E-state index in [1.807, 2.05) is 13.0 Å². The van der Waals surface area contributed by atoms with Crippen LogP contribution in [0, 0.1) is 6.92 Å². The summed E-state index contributed by atoms with van der Waals surface area (Å²) in [6.45, 7) is 7.78. The number of ether oxygens (including phenoxy) is 1. The van der Waals surface area contributed by atoms with E-state index >= 15 is 0 Å². The summed E-state index contributed by atoms with van der Waals surface area (Å²) in [7, 11) is 0. The van der Waals surface area contributed by atoms with E-state index in [4.69, 9.17) is 4.74 Å². The molecule has 0 aromatic carbocycles. The van der Waals surface area contributed by atoms with E-state index in [2.05, 4.69) is 27.5 Å². The lowest BCUT2D eigenvalue weighted by atomic mass is 10.1. The standard InChI is InChI=1S/C16H28N4O/c1-3-4-7-15-19-13(2)11-16(20-15)18-9-8-17-14-6-5-10-21-12-14/h11,14,17H,3-10,12H2,1-2H3,(H,18,19,20)/t14-/m0/s1. The number of nitrogens with one attached hydrogen (secondary N) is 2. The topological polar surface area (TPSA) is 59.1 Å². The van der Waals surface area contributed by atoms with Gasteiger partial charge in [0.2, 0.25) is 0 Å². The van der Waals surface area contributed by atoms with Gasteiger partial charge in [0, 0.05) is 43.9 Å². The molecule has 1 aromatic heterocycles. The van der Waals surface area contributed by atoms with Crippen molar-refractivity contribution >= 4 is 5.82 Å². The fourth-order valence-electron chi connectivity index (χ4n) is 2.54. The van der Waals surface area contributed by atoms with Crippen LogP contribution in [0.1, 0.15) is 44.1 Å². The van der Waals surface area contributed by atoms with Gasteiger partial charge in [0.15, 0.2) is 0 Å². The van der Waals surface area contributed by atoms with Crippen molar-refractivity contribution in [1.82, 2.24) is 15.3 Å². The third-order valence-corrected chi connectivity index (χ3v) is 3.68. The summed E-state index contributed by atoms with van der Waals surface area (Å²) in [6.07, 6.45) is 5.66. The molecule has 0 spiro atoms. The van der Waals surface area contributed by atoms with E-state index in [1.54, 1.807) is 0 Å². The molecule has 1 saturated heterocycles. The third-order valence-electron chi connectivity index (χ3n) is 3.68. The summed E-state index contributed by atoms with van der Waals surface area (Å²) >= 11 is 0. The molecule has 21 heavy (non-hydrogen) atoms. The Morgan fingerprint density at radius 1 is 1.33 bits per heavy atom. The van der Waals surface area contributed by atoms with Crippen molar-refractivity contribution in [3.8, 4) is 0 Å². The average Bonchev–Trinajstić information content (AvgIpc) is 2.50. The Hall–Kier alpha value is -1.20. The van der Waals surface area contributed by atoms with Gasteiger partial charge in [-0.05, 0) is 26.2 Å². The van der Waals surface area contributed by atoms with Crippen LogP contribution >= 0.6 is 0 Å². The molecule has 0 amide bonds. The van der Waals surface area contributed by atoms with E-state index in [0.717, 1.165) is 62.9 Å². The van der Waals surface area contributed by atoms with Crippen molar-refractivity contribution in [3.05, 3.63) is 17.6 Å². The van der Waals surface area contributed by atoms with Gasteiger partial charge in [0.25, 0.3) is 0 Å². The monoisotopic (exact) mass is 292 g/mol. The molecule has 2 heterocycles. The molecular formula is C16H28N4O. The van der Waals surface area contributed by atoms with Gasteiger partial charge in [0.1, 0.15) is 11.6 Å². The molecule has 118 valence electrons. The lowest BCUT2D eigenvalue weighted by Crippen LogP contribution is -2.39. The molecule has 5 nitrogen and oxygen atoms in total. The van der Waals surface area contributed by atoms with Gasteiger partial charge in [-0.3, -0.25) is 0 Å². The molecule has 5 heteroatoms. The fourth-order valence-corrected chi connectivity index (χ4v) is 2.54. The van der Waals surface area contributed by atoms with E-state index < -0.39 is 0 Å². The van der Waals surface area contributed by atoms with Gasteiger partial charge in [-0.25, -0.2) is 9.97 Å². The minimum atomic E-state index is 0.507. The molecule has 0 saturated carbocycles. The van der Waals surface area contributed by atoms with Gasteiger partial charge in [0.05, 0.1) is 6.61 Å². The Bertz CT molecular complexity index is 419. The molecule has 2 N–H and O–H groups in total. The van der Waals surface area contributed by atoms with Crippen LogP contribution in [0.15, 0.2) is 6.07 Å². The maximum atomic E-state index is 5.46. The summed E-state index contributed by atoms with van der Waals surface area (Å²) in [6, 6.07) is 2.52. The Morgan fingerprint density at radius 3 is 3.00 bits per heavy atom. The van der Waals surface area contributed by atoms with Crippen LogP contribution in [0.25, 0.3) is 0 Å². The molecule has 1 atom stereocenters. The number of unbranched alkanes of at least 4 members (excludes halogenated alkanes) is 1. The molecule has 0 unspecified atom stereocenters. The normalized spacial score (nSPS) is 18.7. The SMILES string of the molecule is CCCCc1nc(C)cc(NCCN[C@H]2CCCOC2)n1. The van der Waals surface area contributed by atoms with Crippen molar-refractivity contribution in [1.29, 1.82) is 0 Å². The predicted octanol–water partition coefficient (Wildman–Crippen LogP) is 2.31. The minimum Gasteiger partial charge on any atom is -0.380 e. The smallest absolute Gasteiger partial charge is 0.130 e. The van der Waals surface area contributed by atoms with Crippen LogP contribution in [0.5, 0.6) is 0 Å². The first-order chi connectivity index (χ1) is 10.3. The Balaban J connectivity index is 1.72. The van der Waals surface area contributed by atoms with E-state index in [9.17, 15) is 0 Å². The lowest BCUT2D eigenvalue weighted by Gasteiger charge is -2.23. The summed E-state index contributed by atoms with van der Waals surface area (Å²) in [4.78, 5) is 9.07. The lowest BCUT2D eigenvalue weighted by molar-refractivity contribution is 0.0710. The van der Waals surface area contributed by atoms with Gasteiger partial charge in [-0.2, -0.15) is 0 Å². The number of rotatable bonds is 8. The van der Waals surface area contributed by atoms with Gasteiger partial charge in [-0.15, -0.1) is 0 Å². The zero-order valence-electron chi connectivity index (χ0n) is 13.3. The summed E-state index contributed by atoms with van der Waals surface area (Å²) in [5.74, 6) is 1.89. The zero-order chi connectivity index (χ0) is 14.9. The Morgan fingerprint density at radius 2 is 2.24 bits per heavy atom. The average molecular weight is 292 g/mol. The number of aryl methyl sites for hydroxylation is 2. The van der Waals surface area contributed by atoms with Crippen LogP contribution in [0.4, 0.5) is 5.82 Å². The van der Waals surface area contributed by atoms with E-state index in [-0.39, 0.29) is 0 Å². The van der Waals surface area contributed by atoms with Crippen LogP contribution in [0.2, 0.25) is 0 Å². The predicted molar refractivity (Wildman–Crippen MR) is 85.7 cm³/mol. The van der Waals surface area contributed by atoms with Crippen LogP contribution in [-0.2, 0) is 11.2 Å². The quantitative estimate of drug-likeness (QED) is 0.720. The van der Waals surface area contributed by atoms with Crippen LogP contribution in [0.3, 0.4) is 0 Å². The highest BCUT2D eigenvalue weighted by Gasteiger charge is 2.12. The number of hydrogen-bond donors (Lipinski definition) is 2. The second-order valence-electron chi connectivity index (χ2n) is 5.71. The highest BCUT2D eigenvalue weighted by molar-refractivity contribution is 5.35. The van der Waals surface area contributed by atoms with Crippen molar-refractivity contribution in [3.63, 3.8) is 0 Å². The van der Waals surface area contributed by atoms with Crippen molar-refractivity contribution in [2.24, 2.45) is 0 Å². The van der Waals surface area contributed by atoms with Crippen molar-refractivity contribution in [2.45, 2.75) is 52.0 Å². The molecule has 0 radical (unpaired) electrons. The Labute approximate surface area is 127 Å². The second-order valence-corrected chi connectivity index (χ2v) is 5.71. The summed E-state index contributed by atoms with van der Waals surface area (Å²) < 4.78 is 5.46. The third kappa shape index (κ3) is 5.98. The summed E-state index contributed by atoms with van der Waals surface area (Å²) in [5, 5.41) is 6.91. The van der Waals surface area contributed by atoms with E-state index in [1.165, 1.54) is 12.8 Å². The largest absolute Gasteiger partial charge is 0.380 e. The Kier molecular flexibility index (Phi) is 6.89.